The number of aromatic amines is 1. The molecule has 11 heteroatoms. The fraction of sp³-hybridized carbons (Fsp3) is 0.381. The molecule has 1 N–H and O–H groups in total. The lowest BCUT2D eigenvalue weighted by Crippen LogP contribution is -2.46. The number of alkyl halides is 3. The van der Waals surface area contributed by atoms with Crippen LogP contribution in [-0.2, 0) is 6.18 Å². The summed E-state index contributed by atoms with van der Waals surface area (Å²) in [6.45, 7) is 5.17. The Balaban J connectivity index is 1.52. The summed E-state index contributed by atoms with van der Waals surface area (Å²) < 4.78 is 40.8. The largest absolute Gasteiger partial charge is 0.434 e. The first kappa shape index (κ1) is 20.4. The third-order valence-corrected chi connectivity index (χ3v) is 6.04. The maximum Gasteiger partial charge on any atom is 0.434 e. The van der Waals surface area contributed by atoms with E-state index in [2.05, 4.69) is 43.9 Å². The highest BCUT2D eigenvalue weighted by Gasteiger charge is 2.35. The van der Waals surface area contributed by atoms with Gasteiger partial charge in [-0.1, -0.05) is 6.92 Å². The normalized spacial score (nSPS) is 21.9. The summed E-state index contributed by atoms with van der Waals surface area (Å²) in [6, 6.07) is 1.99. The van der Waals surface area contributed by atoms with Crippen molar-refractivity contribution in [3.8, 4) is 11.5 Å². The second-order valence-electron chi connectivity index (χ2n) is 8.25. The molecular weight excluding hydrogens is 421 g/mol. The summed E-state index contributed by atoms with van der Waals surface area (Å²) in [7, 11) is 0. The smallest absolute Gasteiger partial charge is 0.353 e. The third kappa shape index (κ3) is 3.57. The topological polar surface area (TPSA) is 87.9 Å². The quantitative estimate of drug-likeness (QED) is 0.517. The van der Waals surface area contributed by atoms with E-state index in [-0.39, 0.29) is 12.0 Å². The molecule has 32 heavy (non-hydrogen) atoms. The number of piperidine rings is 1. The van der Waals surface area contributed by atoms with Crippen LogP contribution in [0.5, 0.6) is 0 Å². The van der Waals surface area contributed by atoms with Crippen molar-refractivity contribution in [1.82, 2.24) is 34.5 Å². The average Bonchev–Trinajstić information content (AvgIpc) is 3.44. The molecule has 0 bridgehead atoms. The molecule has 1 saturated heterocycles. The van der Waals surface area contributed by atoms with Crippen LogP contribution in [0, 0.1) is 5.92 Å². The molecule has 0 spiro atoms. The first-order chi connectivity index (χ1) is 15.3. The lowest BCUT2D eigenvalue weighted by atomic mass is 9.81. The van der Waals surface area contributed by atoms with Crippen LogP contribution in [-0.4, -0.2) is 47.1 Å². The first-order valence-electron chi connectivity index (χ1n) is 10.3. The van der Waals surface area contributed by atoms with Gasteiger partial charge < -0.3 is 4.90 Å². The molecule has 0 amide bonds. The van der Waals surface area contributed by atoms with Gasteiger partial charge >= 0.3 is 6.18 Å². The summed E-state index contributed by atoms with van der Waals surface area (Å²) in [5.41, 5.74) is 0.819. The number of nitrogens with zero attached hydrogens (tertiary/aromatic N) is 7. The standard InChI is InChI=1S/C21H21F3N8/c1-12-5-15(14-6-28-29-7-14)13(2)31(10-12)18-3-4-25-20(30-18)16-8-27-19-9-26-17(11-32(16)19)21(22,23)24/h3-4,6-9,11-13,15H,5,10H2,1-2H3,(H,28,29). The molecule has 0 radical (unpaired) electrons. The number of H-pyrrole nitrogens is 1. The first-order valence-corrected chi connectivity index (χ1v) is 10.3. The van der Waals surface area contributed by atoms with E-state index in [1.165, 1.54) is 10.6 Å². The van der Waals surface area contributed by atoms with E-state index in [9.17, 15) is 13.2 Å². The summed E-state index contributed by atoms with van der Waals surface area (Å²) in [5, 5.41) is 6.98. The summed E-state index contributed by atoms with van der Waals surface area (Å²) >= 11 is 0. The van der Waals surface area contributed by atoms with E-state index >= 15 is 0 Å². The Kier molecular flexibility index (Phi) is 4.83. The number of nitrogens with one attached hydrogen (secondary N) is 1. The van der Waals surface area contributed by atoms with Crippen molar-refractivity contribution in [3.05, 3.63) is 54.5 Å². The summed E-state index contributed by atoms with van der Waals surface area (Å²) in [4.78, 5) is 18.9. The third-order valence-electron chi connectivity index (χ3n) is 6.04. The Morgan fingerprint density at radius 1 is 1.09 bits per heavy atom. The fourth-order valence-electron chi connectivity index (χ4n) is 4.44. The van der Waals surface area contributed by atoms with Crippen LogP contribution < -0.4 is 4.90 Å². The van der Waals surface area contributed by atoms with Crippen molar-refractivity contribution in [1.29, 1.82) is 0 Å². The van der Waals surface area contributed by atoms with Gasteiger partial charge in [-0.3, -0.25) is 9.50 Å². The van der Waals surface area contributed by atoms with Gasteiger partial charge in [-0.2, -0.15) is 18.3 Å². The SMILES string of the molecule is CC1CC(c2cn[nH]c2)C(C)N(c2ccnc(-c3cnc4cnc(C(F)(F)F)cn34)n2)C1. The van der Waals surface area contributed by atoms with Crippen molar-refractivity contribution in [3.63, 3.8) is 0 Å². The van der Waals surface area contributed by atoms with Crippen LogP contribution >= 0.6 is 0 Å². The van der Waals surface area contributed by atoms with Gasteiger partial charge in [0, 0.05) is 37.1 Å². The van der Waals surface area contributed by atoms with Gasteiger partial charge in [-0.15, -0.1) is 0 Å². The molecule has 0 aromatic carbocycles. The molecule has 0 saturated carbocycles. The van der Waals surface area contributed by atoms with Crippen molar-refractivity contribution in [2.45, 2.75) is 38.4 Å². The number of anilines is 1. The highest BCUT2D eigenvalue weighted by Crippen LogP contribution is 2.37. The number of hydrogen-bond donors (Lipinski definition) is 1. The highest BCUT2D eigenvalue weighted by atomic mass is 19.4. The van der Waals surface area contributed by atoms with Crippen LogP contribution in [0.3, 0.4) is 0 Å². The fourth-order valence-corrected chi connectivity index (χ4v) is 4.44. The van der Waals surface area contributed by atoms with Crippen molar-refractivity contribution in [2.24, 2.45) is 5.92 Å². The molecule has 166 valence electrons. The van der Waals surface area contributed by atoms with Crippen molar-refractivity contribution >= 4 is 11.5 Å². The van der Waals surface area contributed by atoms with Crippen LogP contribution in [0.15, 0.2) is 43.2 Å². The molecular formula is C21H21F3N8. The van der Waals surface area contributed by atoms with Gasteiger partial charge in [-0.25, -0.2) is 19.9 Å². The zero-order valence-corrected chi connectivity index (χ0v) is 17.5. The van der Waals surface area contributed by atoms with E-state index in [4.69, 9.17) is 4.98 Å². The minimum Gasteiger partial charge on any atom is -0.353 e. The van der Waals surface area contributed by atoms with Crippen LogP contribution in [0.1, 0.15) is 37.4 Å². The van der Waals surface area contributed by atoms with Gasteiger partial charge in [-0.05, 0) is 30.9 Å². The Labute approximate surface area is 181 Å². The van der Waals surface area contributed by atoms with E-state index in [0.717, 1.165) is 36.7 Å². The van der Waals surface area contributed by atoms with Gasteiger partial charge in [0.25, 0.3) is 0 Å². The maximum absolute atomic E-state index is 13.2. The number of imidazole rings is 1. The summed E-state index contributed by atoms with van der Waals surface area (Å²) in [5.74, 6) is 1.75. The molecule has 5 heterocycles. The number of aromatic nitrogens is 7. The summed E-state index contributed by atoms with van der Waals surface area (Å²) in [6.07, 6.45) is 5.37. The van der Waals surface area contributed by atoms with Gasteiger partial charge in [0.1, 0.15) is 11.5 Å². The van der Waals surface area contributed by atoms with Crippen LogP contribution in [0.2, 0.25) is 0 Å². The molecule has 3 atom stereocenters. The van der Waals surface area contributed by atoms with E-state index in [0.29, 0.717) is 23.1 Å². The minimum absolute atomic E-state index is 0.162. The monoisotopic (exact) mass is 442 g/mol. The highest BCUT2D eigenvalue weighted by molar-refractivity contribution is 5.58. The Morgan fingerprint density at radius 3 is 2.69 bits per heavy atom. The Bertz CT molecular complexity index is 1230. The molecule has 1 aliphatic heterocycles. The molecule has 5 rings (SSSR count). The molecule has 8 nitrogen and oxygen atoms in total. The van der Waals surface area contributed by atoms with Gasteiger partial charge in [0.05, 0.1) is 18.6 Å². The molecule has 1 aliphatic rings. The average molecular weight is 442 g/mol. The van der Waals surface area contributed by atoms with Crippen molar-refractivity contribution < 1.29 is 13.2 Å². The van der Waals surface area contributed by atoms with E-state index in [1.54, 1.807) is 6.20 Å². The molecule has 4 aromatic heterocycles. The lowest BCUT2D eigenvalue weighted by molar-refractivity contribution is -0.141. The zero-order chi connectivity index (χ0) is 22.5. The van der Waals surface area contributed by atoms with Gasteiger partial charge in [0.2, 0.25) is 0 Å². The zero-order valence-electron chi connectivity index (χ0n) is 17.5. The Morgan fingerprint density at radius 2 is 1.94 bits per heavy atom. The molecule has 4 aromatic rings. The number of halogens is 3. The predicted molar refractivity (Wildman–Crippen MR) is 111 cm³/mol. The van der Waals surface area contributed by atoms with E-state index in [1.807, 2.05) is 18.5 Å². The van der Waals surface area contributed by atoms with Crippen LogP contribution in [0.4, 0.5) is 19.0 Å². The minimum atomic E-state index is -4.56. The van der Waals surface area contributed by atoms with Gasteiger partial charge in [0.15, 0.2) is 17.2 Å². The Hall–Kier alpha value is -3.50. The molecule has 3 unspecified atom stereocenters. The number of fused-ring (bicyclic) bond motifs is 1. The molecule has 1 fully saturated rings. The second-order valence-corrected chi connectivity index (χ2v) is 8.25. The lowest BCUT2D eigenvalue weighted by Gasteiger charge is -2.43. The van der Waals surface area contributed by atoms with Crippen LogP contribution in [0.25, 0.3) is 17.2 Å². The van der Waals surface area contributed by atoms with Crippen molar-refractivity contribution in [2.75, 3.05) is 11.4 Å². The van der Waals surface area contributed by atoms with E-state index < -0.39 is 11.9 Å². The second kappa shape index (κ2) is 7.57. The predicted octanol–water partition coefficient (Wildman–Crippen LogP) is 3.95. The number of rotatable bonds is 3. The maximum atomic E-state index is 13.2. The number of hydrogen-bond acceptors (Lipinski definition) is 6. The molecule has 0 aliphatic carbocycles.